The molecule has 1 saturated heterocycles. The van der Waals surface area contributed by atoms with E-state index in [4.69, 9.17) is 0 Å². The van der Waals surface area contributed by atoms with Crippen molar-refractivity contribution in [2.75, 3.05) is 13.1 Å². The molecule has 1 heterocycles. The number of aliphatic hydroxyl groups is 1. The predicted molar refractivity (Wildman–Crippen MR) is 62.5 cm³/mol. The smallest absolute Gasteiger partial charge is 0.289 e. The highest BCUT2D eigenvalue weighted by Gasteiger charge is 2.35. The lowest BCUT2D eigenvalue weighted by Gasteiger charge is -2.15. The van der Waals surface area contributed by atoms with Gasteiger partial charge >= 0.3 is 0 Å². The Balaban J connectivity index is 2.45. The van der Waals surface area contributed by atoms with Crippen LogP contribution in [0.1, 0.15) is 6.42 Å². The van der Waals surface area contributed by atoms with Crippen molar-refractivity contribution >= 4 is 15.7 Å². The van der Waals surface area contributed by atoms with Crippen molar-refractivity contribution in [3.63, 3.8) is 0 Å². The quantitative estimate of drug-likeness (QED) is 0.632. The van der Waals surface area contributed by atoms with Crippen LogP contribution in [0, 0.1) is 10.1 Å². The van der Waals surface area contributed by atoms with Gasteiger partial charge in [-0.15, -0.1) is 0 Å². The number of hydrogen-bond acceptors (Lipinski definition) is 5. The van der Waals surface area contributed by atoms with E-state index in [-0.39, 0.29) is 18.0 Å². The summed E-state index contributed by atoms with van der Waals surface area (Å²) in [5.41, 5.74) is -0.445. The first kappa shape index (κ1) is 12.9. The third kappa shape index (κ3) is 2.22. The fourth-order valence-electron chi connectivity index (χ4n) is 1.89. The molecule has 1 aliphatic rings. The molecule has 18 heavy (non-hydrogen) atoms. The zero-order valence-electron chi connectivity index (χ0n) is 9.39. The molecule has 0 radical (unpaired) electrons. The van der Waals surface area contributed by atoms with E-state index in [1.54, 1.807) is 0 Å². The van der Waals surface area contributed by atoms with Crippen LogP contribution in [-0.2, 0) is 10.0 Å². The van der Waals surface area contributed by atoms with Crippen LogP contribution >= 0.6 is 0 Å². The van der Waals surface area contributed by atoms with Crippen LogP contribution in [0.4, 0.5) is 5.69 Å². The van der Waals surface area contributed by atoms with Crippen molar-refractivity contribution in [2.24, 2.45) is 0 Å². The maximum Gasteiger partial charge on any atom is 0.289 e. The van der Waals surface area contributed by atoms with E-state index in [1.807, 2.05) is 0 Å². The van der Waals surface area contributed by atoms with Crippen LogP contribution in [0.2, 0.25) is 0 Å². The minimum absolute atomic E-state index is 0.0195. The van der Waals surface area contributed by atoms with E-state index in [1.165, 1.54) is 18.2 Å². The summed E-state index contributed by atoms with van der Waals surface area (Å²) < 4.78 is 25.5. The average Bonchev–Trinajstić information content (AvgIpc) is 2.76. The van der Waals surface area contributed by atoms with Crippen molar-refractivity contribution in [3.05, 3.63) is 34.4 Å². The number of aliphatic hydroxyl groups excluding tert-OH is 1. The number of β-amino-alcohol motifs (C(OH)–C–C–N with tert-alkyl or cyclic N) is 1. The Kier molecular flexibility index (Phi) is 3.33. The highest BCUT2D eigenvalue weighted by molar-refractivity contribution is 7.89. The summed E-state index contributed by atoms with van der Waals surface area (Å²) in [7, 11) is -3.92. The second kappa shape index (κ2) is 4.63. The number of nitro benzene ring substituents is 1. The van der Waals surface area contributed by atoms with Gasteiger partial charge in [0.1, 0.15) is 0 Å². The minimum Gasteiger partial charge on any atom is -0.392 e. The van der Waals surface area contributed by atoms with Gasteiger partial charge in [-0.2, -0.15) is 4.31 Å². The fraction of sp³-hybridized carbons (Fsp3) is 0.400. The number of para-hydroxylation sites is 1. The normalized spacial score (nSPS) is 21.1. The lowest BCUT2D eigenvalue weighted by molar-refractivity contribution is -0.387. The molecule has 0 saturated carbocycles. The molecule has 0 unspecified atom stereocenters. The third-order valence-corrected chi connectivity index (χ3v) is 4.72. The van der Waals surface area contributed by atoms with E-state index in [0.717, 1.165) is 10.4 Å². The van der Waals surface area contributed by atoms with Crippen molar-refractivity contribution in [1.82, 2.24) is 4.31 Å². The number of rotatable bonds is 3. The van der Waals surface area contributed by atoms with Crippen LogP contribution in [0.15, 0.2) is 29.2 Å². The third-order valence-electron chi connectivity index (χ3n) is 2.81. The van der Waals surface area contributed by atoms with Crippen molar-refractivity contribution < 1.29 is 18.4 Å². The van der Waals surface area contributed by atoms with E-state index in [9.17, 15) is 23.6 Å². The number of sulfonamides is 1. The van der Waals surface area contributed by atoms with Crippen LogP contribution in [0.25, 0.3) is 0 Å². The largest absolute Gasteiger partial charge is 0.392 e. The van der Waals surface area contributed by atoms with Gasteiger partial charge in [-0.05, 0) is 12.5 Å². The second-order valence-corrected chi connectivity index (χ2v) is 5.94. The molecule has 0 aliphatic carbocycles. The summed E-state index contributed by atoms with van der Waals surface area (Å²) in [6, 6.07) is 5.21. The highest BCUT2D eigenvalue weighted by atomic mass is 32.2. The maximum atomic E-state index is 12.2. The molecular weight excluding hydrogens is 260 g/mol. The molecule has 1 aromatic carbocycles. The second-order valence-electron chi connectivity index (χ2n) is 4.03. The standard InChI is InChI=1S/C10H12N2O5S/c13-8-5-6-11(7-8)18(16,17)10-4-2-1-3-9(10)12(14)15/h1-4,8,13H,5-7H2/t8-/m0/s1. The molecule has 1 aromatic rings. The molecule has 0 spiro atoms. The van der Waals surface area contributed by atoms with E-state index in [2.05, 4.69) is 0 Å². The summed E-state index contributed by atoms with van der Waals surface area (Å²) in [5, 5.41) is 20.2. The Morgan fingerprint density at radius 1 is 1.39 bits per heavy atom. The Morgan fingerprint density at radius 3 is 2.61 bits per heavy atom. The molecule has 0 bridgehead atoms. The molecule has 1 aliphatic heterocycles. The zero-order chi connectivity index (χ0) is 13.3. The Morgan fingerprint density at radius 2 is 2.06 bits per heavy atom. The van der Waals surface area contributed by atoms with E-state index in [0.29, 0.717) is 6.42 Å². The van der Waals surface area contributed by atoms with Crippen LogP contribution in [-0.4, -0.2) is 41.9 Å². The minimum atomic E-state index is -3.92. The molecule has 0 amide bonds. The predicted octanol–water partition coefficient (Wildman–Crippen LogP) is 0.350. The van der Waals surface area contributed by atoms with Gasteiger partial charge in [-0.25, -0.2) is 8.42 Å². The summed E-state index contributed by atoms with van der Waals surface area (Å²) in [6.07, 6.45) is -0.359. The molecular formula is C10H12N2O5S. The molecule has 1 atom stereocenters. The maximum absolute atomic E-state index is 12.2. The molecule has 0 aromatic heterocycles. The van der Waals surface area contributed by atoms with Gasteiger partial charge in [0.05, 0.1) is 11.0 Å². The van der Waals surface area contributed by atoms with Gasteiger partial charge in [0.2, 0.25) is 10.0 Å². The first-order valence-corrected chi connectivity index (χ1v) is 6.78. The highest BCUT2D eigenvalue weighted by Crippen LogP contribution is 2.28. The number of benzene rings is 1. The summed E-state index contributed by atoms with van der Waals surface area (Å²) in [4.78, 5) is 9.77. The summed E-state index contributed by atoms with van der Waals surface area (Å²) in [5.74, 6) is 0. The number of nitro groups is 1. The van der Waals surface area contributed by atoms with Gasteiger partial charge in [0, 0.05) is 19.2 Å². The molecule has 98 valence electrons. The topological polar surface area (TPSA) is 101 Å². The van der Waals surface area contributed by atoms with E-state index < -0.39 is 26.7 Å². The van der Waals surface area contributed by atoms with Gasteiger partial charge in [-0.3, -0.25) is 10.1 Å². The monoisotopic (exact) mass is 272 g/mol. The Labute approximate surface area is 104 Å². The summed E-state index contributed by atoms with van der Waals surface area (Å²) >= 11 is 0. The van der Waals surface area contributed by atoms with Crippen LogP contribution in [0.5, 0.6) is 0 Å². The molecule has 1 N–H and O–H groups in total. The first-order valence-electron chi connectivity index (χ1n) is 5.34. The van der Waals surface area contributed by atoms with Crippen LogP contribution < -0.4 is 0 Å². The van der Waals surface area contributed by atoms with Crippen LogP contribution in [0.3, 0.4) is 0 Å². The molecule has 7 nitrogen and oxygen atoms in total. The van der Waals surface area contributed by atoms with Crippen molar-refractivity contribution in [1.29, 1.82) is 0 Å². The van der Waals surface area contributed by atoms with Crippen molar-refractivity contribution in [2.45, 2.75) is 17.4 Å². The lowest BCUT2D eigenvalue weighted by Crippen LogP contribution is -2.30. The Bertz CT molecular complexity index is 571. The number of hydrogen-bond donors (Lipinski definition) is 1. The molecule has 2 rings (SSSR count). The fourth-order valence-corrected chi connectivity index (χ4v) is 3.54. The van der Waals surface area contributed by atoms with Gasteiger partial charge in [0.15, 0.2) is 4.90 Å². The lowest BCUT2D eigenvalue weighted by atomic mass is 10.3. The molecule has 1 fully saturated rings. The summed E-state index contributed by atoms with van der Waals surface area (Å²) in [6.45, 7) is 0.157. The van der Waals surface area contributed by atoms with Gasteiger partial charge in [0.25, 0.3) is 5.69 Å². The SMILES string of the molecule is O=[N+]([O-])c1ccccc1S(=O)(=O)N1CC[C@H](O)C1. The average molecular weight is 272 g/mol. The van der Waals surface area contributed by atoms with E-state index >= 15 is 0 Å². The van der Waals surface area contributed by atoms with Gasteiger partial charge in [-0.1, -0.05) is 12.1 Å². The van der Waals surface area contributed by atoms with Gasteiger partial charge < -0.3 is 5.11 Å². The Hall–Kier alpha value is -1.51. The first-order chi connectivity index (χ1) is 8.43. The number of nitrogens with zero attached hydrogens (tertiary/aromatic N) is 2. The zero-order valence-corrected chi connectivity index (χ0v) is 10.2. The molecule has 8 heteroatoms. The van der Waals surface area contributed by atoms with Crippen molar-refractivity contribution in [3.8, 4) is 0 Å².